The average molecular weight is 412 g/mol. The number of hydrogen-bond acceptors (Lipinski definition) is 5. The fraction of sp³-hybridized carbons (Fsp3) is 0.500. The van der Waals surface area contributed by atoms with E-state index in [0.717, 1.165) is 24.1 Å². The molecule has 30 heavy (non-hydrogen) atoms. The highest BCUT2D eigenvalue weighted by Crippen LogP contribution is 2.38. The van der Waals surface area contributed by atoms with E-state index in [0.29, 0.717) is 38.3 Å². The maximum Gasteiger partial charge on any atom is 0.338 e. The first kappa shape index (κ1) is 20.4. The number of methoxy groups -OCH3 is 1. The van der Waals surface area contributed by atoms with Crippen LogP contribution in [0.5, 0.6) is 0 Å². The summed E-state index contributed by atoms with van der Waals surface area (Å²) in [7, 11) is 1.37. The van der Waals surface area contributed by atoms with Gasteiger partial charge in [0.2, 0.25) is 5.91 Å². The summed E-state index contributed by atoms with van der Waals surface area (Å²) in [6, 6.07) is 8.91. The third-order valence-electron chi connectivity index (χ3n) is 6.02. The smallest absolute Gasteiger partial charge is 0.338 e. The lowest BCUT2D eigenvalue weighted by Crippen LogP contribution is -2.54. The summed E-state index contributed by atoms with van der Waals surface area (Å²) < 4.78 is 5.15. The molecule has 3 amide bonds. The Kier molecular flexibility index (Phi) is 5.76. The number of benzene rings is 1. The molecule has 0 radical (unpaired) electrons. The highest BCUT2D eigenvalue weighted by Gasteiger charge is 2.44. The number of hydrogen-bond donors (Lipinski definition) is 1. The standard InChI is InChI=1S/C22H28N4O4/c1-15(27)25-12-10-24(11-13-25)14-18-19(21(28)30-2)20(16-6-4-3-5-7-16)23-22(29)26(18)17-8-9-17/h3-7,17,20H,8-14H2,1-2H3,(H,23,29)/t20-/m1/s1. The van der Waals surface area contributed by atoms with Gasteiger partial charge in [0.05, 0.1) is 18.7 Å². The molecule has 1 N–H and O–H groups in total. The largest absolute Gasteiger partial charge is 0.466 e. The molecule has 1 saturated carbocycles. The number of amides is 3. The van der Waals surface area contributed by atoms with Crippen molar-refractivity contribution in [3.8, 4) is 0 Å². The number of esters is 1. The quantitative estimate of drug-likeness (QED) is 0.742. The van der Waals surface area contributed by atoms with Crippen molar-refractivity contribution in [3.05, 3.63) is 47.2 Å². The molecule has 1 aliphatic carbocycles. The third-order valence-corrected chi connectivity index (χ3v) is 6.02. The number of carbonyl (C=O) groups is 3. The molecule has 1 aromatic carbocycles. The van der Waals surface area contributed by atoms with Crippen LogP contribution in [-0.2, 0) is 14.3 Å². The molecule has 0 aromatic heterocycles. The van der Waals surface area contributed by atoms with Crippen LogP contribution in [0.1, 0.15) is 31.4 Å². The number of ether oxygens (including phenoxy) is 1. The molecule has 8 nitrogen and oxygen atoms in total. The number of rotatable bonds is 5. The van der Waals surface area contributed by atoms with Crippen molar-refractivity contribution in [2.24, 2.45) is 0 Å². The van der Waals surface area contributed by atoms with E-state index in [-0.39, 0.29) is 18.0 Å². The monoisotopic (exact) mass is 412 g/mol. The maximum atomic E-state index is 13.1. The van der Waals surface area contributed by atoms with Crippen LogP contribution in [0.3, 0.4) is 0 Å². The Morgan fingerprint density at radius 2 is 1.77 bits per heavy atom. The number of nitrogens with one attached hydrogen (secondary N) is 1. The fourth-order valence-electron chi connectivity index (χ4n) is 4.24. The summed E-state index contributed by atoms with van der Waals surface area (Å²) in [5.41, 5.74) is 2.06. The van der Waals surface area contributed by atoms with Gasteiger partial charge in [-0.05, 0) is 18.4 Å². The normalized spacial score (nSPS) is 22.7. The van der Waals surface area contributed by atoms with Crippen LogP contribution in [0.2, 0.25) is 0 Å². The minimum Gasteiger partial charge on any atom is -0.466 e. The van der Waals surface area contributed by atoms with Crippen molar-refractivity contribution < 1.29 is 19.1 Å². The average Bonchev–Trinajstić information content (AvgIpc) is 3.59. The van der Waals surface area contributed by atoms with Crippen molar-refractivity contribution in [2.75, 3.05) is 39.8 Å². The maximum absolute atomic E-state index is 13.1. The van der Waals surface area contributed by atoms with Crippen LogP contribution in [0.4, 0.5) is 4.79 Å². The second kappa shape index (κ2) is 8.47. The fourth-order valence-corrected chi connectivity index (χ4v) is 4.24. The molecule has 0 unspecified atom stereocenters. The van der Waals surface area contributed by atoms with Gasteiger partial charge in [0.15, 0.2) is 0 Å². The van der Waals surface area contributed by atoms with Crippen LogP contribution in [0.25, 0.3) is 0 Å². The highest BCUT2D eigenvalue weighted by molar-refractivity contribution is 5.95. The zero-order valence-electron chi connectivity index (χ0n) is 17.5. The topological polar surface area (TPSA) is 82.2 Å². The van der Waals surface area contributed by atoms with Gasteiger partial charge in [-0.3, -0.25) is 14.6 Å². The minimum absolute atomic E-state index is 0.0740. The summed E-state index contributed by atoms with van der Waals surface area (Å²) in [5.74, 6) is -0.350. The molecule has 0 spiro atoms. The van der Waals surface area contributed by atoms with Gasteiger partial charge in [-0.15, -0.1) is 0 Å². The Morgan fingerprint density at radius 1 is 1.10 bits per heavy atom. The first-order valence-electron chi connectivity index (χ1n) is 10.4. The molecule has 8 heteroatoms. The van der Waals surface area contributed by atoms with Gasteiger partial charge in [0.1, 0.15) is 0 Å². The summed E-state index contributed by atoms with van der Waals surface area (Å²) in [5, 5.41) is 3.02. The van der Waals surface area contributed by atoms with Gasteiger partial charge >= 0.3 is 12.0 Å². The lowest BCUT2D eigenvalue weighted by molar-refractivity contribution is -0.136. The highest BCUT2D eigenvalue weighted by atomic mass is 16.5. The predicted octanol–water partition coefficient (Wildman–Crippen LogP) is 1.51. The predicted molar refractivity (Wildman–Crippen MR) is 110 cm³/mol. The molecule has 3 aliphatic rings. The van der Waals surface area contributed by atoms with E-state index in [1.165, 1.54) is 7.11 Å². The van der Waals surface area contributed by atoms with Gasteiger partial charge < -0.3 is 15.0 Å². The van der Waals surface area contributed by atoms with Crippen LogP contribution >= 0.6 is 0 Å². The van der Waals surface area contributed by atoms with Crippen LogP contribution in [-0.4, -0.2) is 78.5 Å². The molecule has 4 rings (SSSR count). The van der Waals surface area contributed by atoms with Gasteiger partial charge in [-0.2, -0.15) is 0 Å². The Bertz CT molecular complexity index is 857. The van der Waals surface area contributed by atoms with Crippen molar-refractivity contribution in [1.82, 2.24) is 20.0 Å². The Hall–Kier alpha value is -2.87. The summed E-state index contributed by atoms with van der Waals surface area (Å²) in [6.45, 7) is 4.75. The zero-order valence-corrected chi connectivity index (χ0v) is 17.5. The molecule has 2 aliphatic heterocycles. The Balaban J connectivity index is 1.70. The van der Waals surface area contributed by atoms with Crippen molar-refractivity contribution in [3.63, 3.8) is 0 Å². The molecule has 1 saturated heterocycles. The van der Waals surface area contributed by atoms with E-state index in [2.05, 4.69) is 10.2 Å². The second-order valence-electron chi connectivity index (χ2n) is 8.03. The van der Waals surface area contributed by atoms with Crippen molar-refractivity contribution in [1.29, 1.82) is 0 Å². The van der Waals surface area contributed by atoms with Gasteiger partial charge in [-0.25, -0.2) is 9.59 Å². The third kappa shape index (κ3) is 4.05. The van der Waals surface area contributed by atoms with Crippen LogP contribution in [0, 0.1) is 0 Å². The van der Waals surface area contributed by atoms with E-state index in [4.69, 9.17) is 4.74 Å². The molecule has 0 bridgehead atoms. The summed E-state index contributed by atoms with van der Waals surface area (Å²) in [6.07, 6.45) is 1.86. The summed E-state index contributed by atoms with van der Waals surface area (Å²) >= 11 is 0. The van der Waals surface area contributed by atoms with E-state index >= 15 is 0 Å². The molecular weight excluding hydrogens is 384 g/mol. The van der Waals surface area contributed by atoms with E-state index in [9.17, 15) is 14.4 Å². The summed E-state index contributed by atoms with van der Waals surface area (Å²) in [4.78, 5) is 43.4. The molecule has 160 valence electrons. The lowest BCUT2D eigenvalue weighted by atomic mass is 9.94. The lowest BCUT2D eigenvalue weighted by Gasteiger charge is -2.40. The SMILES string of the molecule is COC(=O)C1=C(CN2CCN(C(C)=O)CC2)N(C2CC2)C(=O)N[C@@H]1c1ccccc1. The number of carbonyl (C=O) groups excluding carboxylic acids is 3. The first-order valence-corrected chi connectivity index (χ1v) is 10.4. The number of urea groups is 1. The Labute approximate surface area is 176 Å². The Morgan fingerprint density at radius 3 is 2.33 bits per heavy atom. The zero-order chi connectivity index (χ0) is 21.3. The van der Waals surface area contributed by atoms with Crippen molar-refractivity contribution >= 4 is 17.9 Å². The second-order valence-corrected chi connectivity index (χ2v) is 8.03. The number of piperazine rings is 1. The van der Waals surface area contributed by atoms with Gasteiger partial charge in [-0.1, -0.05) is 30.3 Å². The van der Waals surface area contributed by atoms with Crippen LogP contribution in [0.15, 0.2) is 41.6 Å². The van der Waals surface area contributed by atoms with Crippen molar-refractivity contribution in [2.45, 2.75) is 31.8 Å². The van der Waals surface area contributed by atoms with Gasteiger partial charge in [0, 0.05) is 51.4 Å². The molecule has 1 atom stereocenters. The first-order chi connectivity index (χ1) is 14.5. The van der Waals surface area contributed by atoms with E-state index in [1.807, 2.05) is 35.2 Å². The number of nitrogens with zero attached hydrogens (tertiary/aromatic N) is 3. The molecular formula is C22H28N4O4. The minimum atomic E-state index is -0.547. The molecule has 1 aromatic rings. The van der Waals surface area contributed by atoms with E-state index < -0.39 is 12.0 Å². The van der Waals surface area contributed by atoms with Crippen LogP contribution < -0.4 is 5.32 Å². The molecule has 2 fully saturated rings. The van der Waals surface area contributed by atoms with Gasteiger partial charge in [0.25, 0.3) is 0 Å². The molecule has 2 heterocycles. The van der Waals surface area contributed by atoms with E-state index in [1.54, 1.807) is 11.8 Å².